The van der Waals surface area contributed by atoms with Crippen LogP contribution < -0.4 is 5.32 Å². The van der Waals surface area contributed by atoms with Gasteiger partial charge < -0.3 is 10.1 Å². The van der Waals surface area contributed by atoms with Crippen LogP contribution in [-0.4, -0.2) is 37.2 Å². The first-order valence-corrected chi connectivity index (χ1v) is 4.74. The van der Waals surface area contributed by atoms with E-state index in [4.69, 9.17) is 4.74 Å². The number of rotatable bonds is 3. The Morgan fingerprint density at radius 2 is 2.64 bits per heavy atom. The molecule has 1 atom stereocenters. The van der Waals surface area contributed by atoms with Crippen LogP contribution in [0.5, 0.6) is 0 Å². The van der Waals surface area contributed by atoms with E-state index in [2.05, 4.69) is 17.2 Å². The number of aliphatic imine (C=N–C) groups is 1. The van der Waals surface area contributed by atoms with Crippen molar-refractivity contribution < 1.29 is 4.74 Å². The molecule has 0 radical (unpaired) electrons. The highest BCUT2D eigenvalue weighted by atomic mass is 32.2. The van der Waals surface area contributed by atoms with Gasteiger partial charge in [0.2, 0.25) is 0 Å². The standard InChI is InChI=1S/C7H14N2OS/c1-6(5-10-2)9-7-8-3-4-11-7/h6H,3-5H2,1-2H3,(H,8,9). The summed E-state index contributed by atoms with van der Waals surface area (Å²) in [6.07, 6.45) is 0. The Morgan fingerprint density at radius 3 is 3.18 bits per heavy atom. The zero-order valence-corrected chi connectivity index (χ0v) is 7.78. The van der Waals surface area contributed by atoms with Crippen LogP contribution in [0.2, 0.25) is 0 Å². The molecular weight excluding hydrogens is 160 g/mol. The SMILES string of the molecule is COCC(C)NC1=NCCS1. The second-order valence-corrected chi connectivity index (χ2v) is 3.62. The molecule has 0 aromatic heterocycles. The number of methoxy groups -OCH3 is 1. The predicted octanol–water partition coefficient (Wildman–Crippen LogP) is 0.714. The van der Waals surface area contributed by atoms with Crippen molar-refractivity contribution in [2.24, 2.45) is 4.99 Å². The molecule has 0 amide bonds. The Morgan fingerprint density at radius 1 is 1.82 bits per heavy atom. The van der Waals surface area contributed by atoms with Crippen LogP contribution in [-0.2, 0) is 4.74 Å². The van der Waals surface area contributed by atoms with E-state index in [0.717, 1.165) is 24.1 Å². The molecule has 1 rings (SSSR count). The van der Waals surface area contributed by atoms with Gasteiger partial charge in [-0.15, -0.1) is 0 Å². The van der Waals surface area contributed by atoms with Crippen LogP contribution in [0.4, 0.5) is 0 Å². The zero-order chi connectivity index (χ0) is 8.10. The first-order valence-electron chi connectivity index (χ1n) is 3.75. The molecule has 0 fully saturated rings. The lowest BCUT2D eigenvalue weighted by molar-refractivity contribution is 0.179. The third kappa shape index (κ3) is 3.12. The fraction of sp³-hybridized carbons (Fsp3) is 0.857. The first-order chi connectivity index (χ1) is 5.33. The minimum atomic E-state index is 0.365. The molecule has 11 heavy (non-hydrogen) atoms. The Balaban J connectivity index is 2.18. The fourth-order valence-electron chi connectivity index (χ4n) is 0.925. The molecule has 1 unspecified atom stereocenters. The van der Waals surface area contributed by atoms with Gasteiger partial charge in [-0.3, -0.25) is 4.99 Å². The lowest BCUT2D eigenvalue weighted by Gasteiger charge is -2.12. The summed E-state index contributed by atoms with van der Waals surface area (Å²) in [5.74, 6) is 1.11. The zero-order valence-electron chi connectivity index (χ0n) is 6.96. The van der Waals surface area contributed by atoms with E-state index in [0.29, 0.717) is 6.04 Å². The Kier molecular flexibility index (Phi) is 3.72. The molecule has 64 valence electrons. The number of nitrogens with zero attached hydrogens (tertiary/aromatic N) is 1. The maximum Gasteiger partial charge on any atom is 0.156 e. The van der Waals surface area contributed by atoms with Gasteiger partial charge in [0.05, 0.1) is 13.2 Å². The molecule has 0 spiro atoms. The van der Waals surface area contributed by atoms with Crippen molar-refractivity contribution in [3.8, 4) is 0 Å². The van der Waals surface area contributed by atoms with Crippen LogP contribution in [0.3, 0.4) is 0 Å². The molecule has 3 nitrogen and oxygen atoms in total. The van der Waals surface area contributed by atoms with Crippen molar-refractivity contribution in [1.82, 2.24) is 5.32 Å². The third-order valence-electron chi connectivity index (χ3n) is 1.37. The van der Waals surface area contributed by atoms with E-state index in [1.165, 1.54) is 0 Å². The van der Waals surface area contributed by atoms with Gasteiger partial charge in [0.15, 0.2) is 5.17 Å². The lowest BCUT2D eigenvalue weighted by atomic mass is 10.4. The summed E-state index contributed by atoms with van der Waals surface area (Å²) in [5, 5.41) is 4.33. The van der Waals surface area contributed by atoms with Gasteiger partial charge in [-0.25, -0.2) is 0 Å². The quantitative estimate of drug-likeness (QED) is 0.684. The topological polar surface area (TPSA) is 33.6 Å². The van der Waals surface area contributed by atoms with Gasteiger partial charge in [-0.1, -0.05) is 11.8 Å². The van der Waals surface area contributed by atoms with Gasteiger partial charge in [-0.2, -0.15) is 0 Å². The van der Waals surface area contributed by atoms with Crippen molar-refractivity contribution in [2.45, 2.75) is 13.0 Å². The van der Waals surface area contributed by atoms with Crippen LogP contribution in [0, 0.1) is 0 Å². The largest absolute Gasteiger partial charge is 0.383 e. The van der Waals surface area contributed by atoms with Crippen LogP contribution in [0.25, 0.3) is 0 Å². The molecule has 0 aromatic rings. The minimum absolute atomic E-state index is 0.365. The van der Waals surface area contributed by atoms with Gasteiger partial charge in [-0.05, 0) is 6.92 Å². The highest BCUT2D eigenvalue weighted by molar-refractivity contribution is 8.14. The first kappa shape index (κ1) is 8.87. The molecule has 1 aliphatic heterocycles. The monoisotopic (exact) mass is 174 g/mol. The second-order valence-electron chi connectivity index (χ2n) is 2.54. The summed E-state index contributed by atoms with van der Waals surface area (Å²) in [4.78, 5) is 4.27. The van der Waals surface area contributed by atoms with Gasteiger partial charge >= 0.3 is 0 Å². The Bertz CT molecular complexity index is 149. The summed E-state index contributed by atoms with van der Waals surface area (Å²) < 4.78 is 4.99. The molecule has 0 aromatic carbocycles. The summed E-state index contributed by atoms with van der Waals surface area (Å²) in [6.45, 7) is 3.77. The number of thioether (sulfide) groups is 1. The van der Waals surface area contributed by atoms with Crippen molar-refractivity contribution in [1.29, 1.82) is 0 Å². The molecule has 1 aliphatic rings. The lowest BCUT2D eigenvalue weighted by Crippen LogP contribution is -2.33. The van der Waals surface area contributed by atoms with Crippen molar-refractivity contribution in [3.63, 3.8) is 0 Å². The number of ether oxygens (including phenoxy) is 1. The molecule has 0 bridgehead atoms. The molecule has 1 N–H and O–H groups in total. The number of amidine groups is 1. The third-order valence-corrected chi connectivity index (χ3v) is 2.28. The summed E-state index contributed by atoms with van der Waals surface area (Å²) >= 11 is 1.78. The number of hydrogen-bond acceptors (Lipinski definition) is 4. The summed E-state index contributed by atoms with van der Waals surface area (Å²) in [5.41, 5.74) is 0. The van der Waals surface area contributed by atoms with Crippen LogP contribution in [0.15, 0.2) is 4.99 Å². The van der Waals surface area contributed by atoms with Crippen LogP contribution >= 0.6 is 11.8 Å². The number of hydrogen-bond donors (Lipinski definition) is 1. The van der Waals surface area contributed by atoms with E-state index in [1.807, 2.05) is 0 Å². The average Bonchev–Trinajstić information content (AvgIpc) is 2.40. The van der Waals surface area contributed by atoms with E-state index in [-0.39, 0.29) is 0 Å². The maximum absolute atomic E-state index is 4.99. The van der Waals surface area contributed by atoms with Gasteiger partial charge in [0.1, 0.15) is 0 Å². The molecule has 0 aliphatic carbocycles. The van der Waals surface area contributed by atoms with Crippen molar-refractivity contribution in [3.05, 3.63) is 0 Å². The average molecular weight is 174 g/mol. The van der Waals surface area contributed by atoms with E-state index >= 15 is 0 Å². The molecule has 0 saturated carbocycles. The van der Waals surface area contributed by atoms with Gasteiger partial charge in [0, 0.05) is 18.9 Å². The van der Waals surface area contributed by atoms with Crippen molar-refractivity contribution in [2.75, 3.05) is 26.0 Å². The highest BCUT2D eigenvalue weighted by Crippen LogP contribution is 2.09. The predicted molar refractivity (Wildman–Crippen MR) is 49.2 cm³/mol. The highest BCUT2D eigenvalue weighted by Gasteiger charge is 2.09. The normalized spacial score (nSPS) is 19.6. The Labute approximate surface area is 71.6 Å². The fourth-order valence-corrected chi connectivity index (χ4v) is 1.77. The van der Waals surface area contributed by atoms with Gasteiger partial charge in [0.25, 0.3) is 0 Å². The molecule has 0 saturated heterocycles. The van der Waals surface area contributed by atoms with Crippen LogP contribution in [0.1, 0.15) is 6.92 Å². The molecule has 4 heteroatoms. The Hall–Kier alpha value is -0.220. The summed E-state index contributed by atoms with van der Waals surface area (Å²) in [7, 11) is 1.71. The van der Waals surface area contributed by atoms with Crippen molar-refractivity contribution >= 4 is 16.9 Å². The van der Waals surface area contributed by atoms with E-state index in [1.54, 1.807) is 18.9 Å². The van der Waals surface area contributed by atoms with E-state index < -0.39 is 0 Å². The molecular formula is C7H14N2OS. The minimum Gasteiger partial charge on any atom is -0.383 e. The maximum atomic E-state index is 4.99. The summed E-state index contributed by atoms with van der Waals surface area (Å²) in [6, 6.07) is 0.365. The number of nitrogens with one attached hydrogen (secondary N) is 1. The smallest absolute Gasteiger partial charge is 0.156 e. The van der Waals surface area contributed by atoms with E-state index in [9.17, 15) is 0 Å². The second kappa shape index (κ2) is 4.62. The molecule has 1 heterocycles.